The van der Waals surface area contributed by atoms with Crippen molar-refractivity contribution in [2.24, 2.45) is 5.92 Å². The van der Waals surface area contributed by atoms with E-state index < -0.39 is 0 Å². The van der Waals surface area contributed by atoms with Gasteiger partial charge >= 0.3 is 0 Å². The third kappa shape index (κ3) is 2.83. The Kier molecular flexibility index (Phi) is 3.76. The zero-order valence-corrected chi connectivity index (χ0v) is 13.9. The van der Waals surface area contributed by atoms with Gasteiger partial charge in [-0.15, -0.1) is 0 Å². The molecule has 4 rings (SSSR count). The minimum absolute atomic E-state index is 0.0995. The van der Waals surface area contributed by atoms with E-state index in [2.05, 4.69) is 42.2 Å². The number of nitrogens with zero attached hydrogens (tertiary/aromatic N) is 1. The van der Waals surface area contributed by atoms with E-state index in [-0.39, 0.29) is 11.5 Å². The van der Waals surface area contributed by atoms with Crippen LogP contribution in [-0.4, -0.2) is 36.1 Å². The average molecular weight is 311 g/mol. The highest BCUT2D eigenvalue weighted by molar-refractivity contribution is 5.80. The van der Waals surface area contributed by atoms with Crippen molar-refractivity contribution in [1.82, 2.24) is 4.90 Å². The lowest BCUT2D eigenvalue weighted by Gasteiger charge is -2.42. The number of ether oxygens (including phenoxy) is 1. The molecule has 122 valence electrons. The number of fused-ring (bicyclic) bond motifs is 1. The number of likely N-dealkylation sites (tertiary alicyclic amines) is 1. The zero-order valence-electron chi connectivity index (χ0n) is 13.9. The Morgan fingerprint density at radius 2 is 1.83 bits per heavy atom. The molecule has 1 aromatic carbocycles. The Morgan fingerprint density at radius 3 is 2.43 bits per heavy atom. The summed E-state index contributed by atoms with van der Waals surface area (Å²) >= 11 is 0. The van der Waals surface area contributed by atoms with Crippen LogP contribution in [0.2, 0.25) is 0 Å². The summed E-state index contributed by atoms with van der Waals surface area (Å²) in [5, 5.41) is 0. The van der Waals surface area contributed by atoms with Crippen molar-refractivity contribution in [3.63, 3.8) is 0 Å². The smallest absolute Gasteiger partial charge is 0.226 e. The van der Waals surface area contributed by atoms with Crippen molar-refractivity contribution in [2.45, 2.75) is 44.6 Å². The van der Waals surface area contributed by atoms with Crippen LogP contribution >= 0.6 is 0 Å². The fraction of sp³-hybridized carbons (Fsp3) is 0.550. The van der Waals surface area contributed by atoms with Crippen LogP contribution in [0.4, 0.5) is 0 Å². The second-order valence-electron chi connectivity index (χ2n) is 7.35. The molecule has 1 aromatic rings. The van der Waals surface area contributed by atoms with Gasteiger partial charge in [0, 0.05) is 19.0 Å². The number of carbonyl (C=O) groups is 1. The van der Waals surface area contributed by atoms with Gasteiger partial charge < -0.3 is 9.64 Å². The Balaban J connectivity index is 1.40. The predicted octanol–water partition coefficient (Wildman–Crippen LogP) is 3.13. The maximum absolute atomic E-state index is 12.9. The second kappa shape index (κ2) is 5.79. The molecule has 3 aliphatic rings. The molecule has 1 amide bonds. The van der Waals surface area contributed by atoms with Crippen LogP contribution in [0.15, 0.2) is 35.9 Å². The number of rotatable bonds is 1. The third-order valence-electron chi connectivity index (χ3n) is 5.72. The van der Waals surface area contributed by atoms with Gasteiger partial charge in [0.2, 0.25) is 5.91 Å². The molecule has 23 heavy (non-hydrogen) atoms. The average Bonchev–Trinajstić information content (AvgIpc) is 2.99. The van der Waals surface area contributed by atoms with Gasteiger partial charge in [-0.3, -0.25) is 4.79 Å². The van der Waals surface area contributed by atoms with Gasteiger partial charge in [0.05, 0.1) is 12.2 Å². The van der Waals surface area contributed by atoms with Crippen LogP contribution in [0.1, 0.15) is 37.3 Å². The van der Waals surface area contributed by atoms with Crippen molar-refractivity contribution in [3.8, 4) is 0 Å². The lowest BCUT2D eigenvalue weighted by molar-refractivity contribution is -0.140. The SMILES string of the molecule is CC1=CC2(CCN(C(=O)C3Cc4ccccc4C3)CC2)OCC1. The third-order valence-corrected chi connectivity index (χ3v) is 5.72. The van der Waals surface area contributed by atoms with Crippen LogP contribution in [0, 0.1) is 5.92 Å². The summed E-state index contributed by atoms with van der Waals surface area (Å²) < 4.78 is 6.07. The number of amides is 1. The first-order valence-corrected chi connectivity index (χ1v) is 8.83. The molecule has 0 radical (unpaired) electrons. The molecule has 1 fully saturated rings. The summed E-state index contributed by atoms with van der Waals surface area (Å²) in [5.41, 5.74) is 4.04. The second-order valence-corrected chi connectivity index (χ2v) is 7.35. The van der Waals surface area contributed by atoms with E-state index in [9.17, 15) is 4.79 Å². The van der Waals surface area contributed by atoms with Crippen LogP contribution in [0.3, 0.4) is 0 Å². The van der Waals surface area contributed by atoms with Gasteiger partial charge in [0.1, 0.15) is 0 Å². The molecule has 0 atom stereocenters. The van der Waals surface area contributed by atoms with E-state index in [1.807, 2.05) is 0 Å². The van der Waals surface area contributed by atoms with Crippen molar-refractivity contribution in [3.05, 3.63) is 47.0 Å². The van der Waals surface area contributed by atoms with E-state index in [1.54, 1.807) is 0 Å². The molecular formula is C20H25NO2. The molecule has 0 N–H and O–H groups in total. The van der Waals surface area contributed by atoms with Gasteiger partial charge in [0.25, 0.3) is 0 Å². The molecule has 0 bridgehead atoms. The molecule has 0 aromatic heterocycles. The molecular weight excluding hydrogens is 286 g/mol. The summed E-state index contributed by atoms with van der Waals surface area (Å²) in [7, 11) is 0. The van der Waals surface area contributed by atoms with Crippen LogP contribution in [-0.2, 0) is 22.4 Å². The van der Waals surface area contributed by atoms with Gasteiger partial charge in [-0.2, -0.15) is 0 Å². The van der Waals surface area contributed by atoms with Gasteiger partial charge in [-0.25, -0.2) is 0 Å². The molecule has 0 saturated carbocycles. The van der Waals surface area contributed by atoms with E-state index in [0.717, 1.165) is 51.8 Å². The standard InChI is InChI=1S/C20H25NO2/c1-15-6-11-23-20(14-15)7-9-21(10-8-20)19(22)18-12-16-4-2-3-5-17(16)13-18/h2-5,14,18H,6-13H2,1H3. The Labute approximate surface area is 138 Å². The molecule has 1 aliphatic carbocycles. The predicted molar refractivity (Wildman–Crippen MR) is 90.2 cm³/mol. The van der Waals surface area contributed by atoms with E-state index in [0.29, 0.717) is 5.91 Å². The van der Waals surface area contributed by atoms with Gasteiger partial charge in [-0.05, 0) is 50.2 Å². The van der Waals surface area contributed by atoms with Crippen LogP contribution in [0.5, 0.6) is 0 Å². The maximum atomic E-state index is 12.9. The van der Waals surface area contributed by atoms with Crippen molar-refractivity contribution in [2.75, 3.05) is 19.7 Å². The van der Waals surface area contributed by atoms with Gasteiger partial charge in [0.15, 0.2) is 0 Å². The first-order chi connectivity index (χ1) is 11.2. The molecule has 0 unspecified atom stereocenters. The normalized spacial score (nSPS) is 23.7. The summed E-state index contributed by atoms with van der Waals surface area (Å²) in [5.74, 6) is 0.485. The highest BCUT2D eigenvalue weighted by Crippen LogP contribution is 2.34. The zero-order chi connectivity index (χ0) is 15.9. The number of piperidine rings is 1. The topological polar surface area (TPSA) is 29.5 Å². The number of hydrogen-bond donors (Lipinski definition) is 0. The minimum atomic E-state index is -0.0995. The van der Waals surface area contributed by atoms with E-state index in [1.165, 1.54) is 16.7 Å². The Bertz CT molecular complexity index is 616. The minimum Gasteiger partial charge on any atom is -0.370 e. The molecule has 3 heteroatoms. The highest BCUT2D eigenvalue weighted by atomic mass is 16.5. The summed E-state index contributed by atoms with van der Waals surface area (Å²) in [6.45, 7) is 4.68. The quantitative estimate of drug-likeness (QED) is 0.746. The van der Waals surface area contributed by atoms with E-state index >= 15 is 0 Å². The first-order valence-electron chi connectivity index (χ1n) is 8.83. The molecule has 3 nitrogen and oxygen atoms in total. The van der Waals surface area contributed by atoms with Gasteiger partial charge in [-0.1, -0.05) is 35.9 Å². The Hall–Kier alpha value is -1.61. The lowest BCUT2D eigenvalue weighted by Crippen LogP contribution is -2.49. The molecule has 2 heterocycles. The number of hydrogen-bond acceptors (Lipinski definition) is 2. The van der Waals surface area contributed by atoms with Crippen molar-refractivity contribution < 1.29 is 9.53 Å². The fourth-order valence-electron chi connectivity index (χ4n) is 4.36. The van der Waals surface area contributed by atoms with Crippen molar-refractivity contribution >= 4 is 5.91 Å². The summed E-state index contributed by atoms with van der Waals surface area (Å²) in [6, 6.07) is 8.48. The monoisotopic (exact) mass is 311 g/mol. The number of benzene rings is 1. The fourth-order valence-corrected chi connectivity index (χ4v) is 4.36. The molecule has 2 aliphatic heterocycles. The summed E-state index contributed by atoms with van der Waals surface area (Å²) in [4.78, 5) is 14.9. The molecule has 1 spiro atoms. The van der Waals surface area contributed by atoms with Crippen molar-refractivity contribution in [1.29, 1.82) is 0 Å². The van der Waals surface area contributed by atoms with Crippen LogP contribution < -0.4 is 0 Å². The number of carbonyl (C=O) groups excluding carboxylic acids is 1. The maximum Gasteiger partial charge on any atom is 0.226 e. The van der Waals surface area contributed by atoms with Crippen LogP contribution in [0.25, 0.3) is 0 Å². The Morgan fingerprint density at radius 1 is 1.17 bits per heavy atom. The summed E-state index contributed by atoms with van der Waals surface area (Å²) in [6.07, 6.45) is 7.05. The largest absolute Gasteiger partial charge is 0.370 e. The highest BCUT2D eigenvalue weighted by Gasteiger charge is 2.39. The molecule has 1 saturated heterocycles. The lowest BCUT2D eigenvalue weighted by atomic mass is 9.86. The van der Waals surface area contributed by atoms with E-state index in [4.69, 9.17) is 4.74 Å². The first kappa shape index (κ1) is 14.9.